The quantitative estimate of drug-likeness (QED) is 0.830. The summed E-state index contributed by atoms with van der Waals surface area (Å²) in [5.41, 5.74) is -0.798. The molecule has 23 heavy (non-hydrogen) atoms. The van der Waals surface area contributed by atoms with Gasteiger partial charge in [-0.1, -0.05) is 18.2 Å². The molecular weight excluding hydrogens is 301 g/mol. The van der Waals surface area contributed by atoms with Crippen molar-refractivity contribution >= 4 is 11.9 Å². The average molecular weight is 315 g/mol. The third kappa shape index (κ3) is 2.50. The van der Waals surface area contributed by atoms with Crippen molar-refractivity contribution in [3.05, 3.63) is 69.9 Å². The number of carbonyl (C=O) groups is 2. The molecule has 0 aliphatic carbocycles. The van der Waals surface area contributed by atoms with Crippen molar-refractivity contribution in [1.29, 1.82) is 0 Å². The molecule has 0 radical (unpaired) electrons. The van der Waals surface area contributed by atoms with Crippen LogP contribution >= 0.6 is 0 Å². The summed E-state index contributed by atoms with van der Waals surface area (Å²) in [6.07, 6.45) is 1.54. The highest BCUT2D eigenvalue weighted by Crippen LogP contribution is 2.27. The van der Waals surface area contributed by atoms with Gasteiger partial charge in [-0.05, 0) is 30.7 Å². The van der Waals surface area contributed by atoms with E-state index in [2.05, 4.69) is 10.6 Å². The average Bonchev–Trinajstić information content (AvgIpc) is 2.79. The fourth-order valence-electron chi connectivity index (χ4n) is 2.67. The van der Waals surface area contributed by atoms with Gasteiger partial charge in [0.2, 0.25) is 0 Å². The highest BCUT2D eigenvalue weighted by Gasteiger charge is 2.48. The van der Waals surface area contributed by atoms with Crippen LogP contribution in [0.25, 0.3) is 0 Å². The number of hydrogen-bond acceptors (Lipinski definition) is 3. The minimum Gasteiger partial charge on any atom is -0.318 e. The number of nitrogens with one attached hydrogen (secondary N) is 2. The number of carbonyl (C=O) groups excluding carboxylic acids is 2. The lowest BCUT2D eigenvalue weighted by Crippen LogP contribution is -2.49. The molecule has 7 heteroatoms. The van der Waals surface area contributed by atoms with Gasteiger partial charge in [0.1, 0.15) is 5.82 Å². The molecule has 1 unspecified atom stereocenters. The summed E-state index contributed by atoms with van der Waals surface area (Å²) >= 11 is 0. The summed E-state index contributed by atoms with van der Waals surface area (Å²) in [6.45, 7) is 1.58. The molecule has 1 aliphatic rings. The summed E-state index contributed by atoms with van der Waals surface area (Å²) < 4.78 is 14.5. The molecule has 0 bridgehead atoms. The Morgan fingerprint density at radius 3 is 2.43 bits per heavy atom. The molecule has 1 aliphatic heterocycles. The molecule has 0 spiro atoms. The number of rotatable bonds is 3. The predicted octanol–water partition coefficient (Wildman–Crippen LogP) is 1.03. The van der Waals surface area contributed by atoms with Crippen LogP contribution in [0.4, 0.5) is 9.18 Å². The second-order valence-electron chi connectivity index (χ2n) is 5.44. The van der Waals surface area contributed by atoms with Crippen LogP contribution in [-0.2, 0) is 16.9 Å². The van der Waals surface area contributed by atoms with Gasteiger partial charge >= 0.3 is 6.03 Å². The second-order valence-corrected chi connectivity index (χ2v) is 5.44. The van der Waals surface area contributed by atoms with E-state index in [-0.39, 0.29) is 12.1 Å². The lowest BCUT2D eigenvalue weighted by Gasteiger charge is -2.27. The number of hydrogen-bond donors (Lipinski definition) is 2. The molecule has 1 atom stereocenters. The molecule has 2 aromatic rings. The Hall–Kier alpha value is -2.96. The first-order chi connectivity index (χ1) is 10.9. The number of urea groups is 1. The summed E-state index contributed by atoms with van der Waals surface area (Å²) in [5.74, 6) is -1.04. The first-order valence-corrected chi connectivity index (χ1v) is 6.98. The Bertz CT molecular complexity index is 844. The van der Waals surface area contributed by atoms with Crippen molar-refractivity contribution in [2.24, 2.45) is 0 Å². The zero-order valence-electron chi connectivity index (χ0n) is 12.3. The van der Waals surface area contributed by atoms with E-state index in [1.807, 2.05) is 0 Å². The van der Waals surface area contributed by atoms with Crippen LogP contribution in [0.15, 0.2) is 47.4 Å². The third-order valence-corrected chi connectivity index (χ3v) is 3.90. The van der Waals surface area contributed by atoms with Gasteiger partial charge in [0, 0.05) is 11.8 Å². The van der Waals surface area contributed by atoms with Gasteiger partial charge in [0.05, 0.1) is 6.54 Å². The van der Waals surface area contributed by atoms with Gasteiger partial charge in [-0.25, -0.2) is 9.18 Å². The SMILES string of the molecule is Cc1cccn(CC2(c3ccc(F)cc3)NC(=O)NC2=O)c1=O. The molecule has 1 aromatic heterocycles. The summed E-state index contributed by atoms with van der Waals surface area (Å²) in [4.78, 5) is 36.3. The van der Waals surface area contributed by atoms with Gasteiger partial charge < -0.3 is 9.88 Å². The van der Waals surface area contributed by atoms with Crippen molar-refractivity contribution < 1.29 is 14.0 Å². The number of pyridine rings is 1. The van der Waals surface area contributed by atoms with Gasteiger partial charge in [-0.3, -0.25) is 14.9 Å². The highest BCUT2D eigenvalue weighted by atomic mass is 19.1. The number of benzene rings is 1. The van der Waals surface area contributed by atoms with Gasteiger partial charge in [0.15, 0.2) is 5.54 Å². The van der Waals surface area contributed by atoms with Crippen molar-refractivity contribution in [3.8, 4) is 0 Å². The van der Waals surface area contributed by atoms with Crippen LogP contribution < -0.4 is 16.2 Å². The molecule has 1 saturated heterocycles. The van der Waals surface area contributed by atoms with E-state index in [4.69, 9.17) is 0 Å². The second kappa shape index (κ2) is 5.35. The molecule has 118 valence electrons. The standard InChI is InChI=1S/C16H14FN3O3/c1-10-3-2-8-20(13(10)21)9-16(14(22)18-15(23)19-16)11-4-6-12(17)7-5-11/h2-8H,9H2,1H3,(H2,18,19,22,23). The third-order valence-electron chi connectivity index (χ3n) is 3.90. The van der Waals surface area contributed by atoms with Gasteiger partial charge in [0.25, 0.3) is 11.5 Å². The largest absolute Gasteiger partial charge is 0.322 e. The molecule has 3 rings (SSSR count). The fraction of sp³-hybridized carbons (Fsp3) is 0.188. The topological polar surface area (TPSA) is 80.2 Å². The van der Waals surface area contributed by atoms with Crippen LogP contribution in [0.5, 0.6) is 0 Å². The first-order valence-electron chi connectivity index (χ1n) is 6.98. The number of halogens is 1. The fourth-order valence-corrected chi connectivity index (χ4v) is 2.67. The maximum atomic E-state index is 13.2. The Labute approximate surface area is 130 Å². The normalized spacial score (nSPS) is 20.3. The first kappa shape index (κ1) is 15.0. The Kier molecular flexibility index (Phi) is 3.48. The number of imide groups is 1. The number of nitrogens with zero attached hydrogens (tertiary/aromatic N) is 1. The summed E-state index contributed by atoms with van der Waals surface area (Å²) in [7, 11) is 0. The lowest BCUT2D eigenvalue weighted by atomic mass is 9.89. The van der Waals surface area contributed by atoms with Crippen molar-refractivity contribution in [3.63, 3.8) is 0 Å². The molecule has 6 nitrogen and oxygen atoms in total. The monoisotopic (exact) mass is 315 g/mol. The van der Waals surface area contributed by atoms with Gasteiger partial charge in [-0.2, -0.15) is 0 Å². The van der Waals surface area contributed by atoms with Crippen LogP contribution in [0, 0.1) is 12.7 Å². The van der Waals surface area contributed by atoms with Crippen molar-refractivity contribution in [2.45, 2.75) is 19.0 Å². The van der Waals surface area contributed by atoms with E-state index in [0.717, 1.165) is 0 Å². The molecule has 3 amide bonds. The van der Waals surface area contributed by atoms with Crippen LogP contribution in [0.1, 0.15) is 11.1 Å². The van der Waals surface area contributed by atoms with Crippen molar-refractivity contribution in [1.82, 2.24) is 15.2 Å². The molecular formula is C16H14FN3O3. The van der Waals surface area contributed by atoms with E-state index < -0.39 is 23.3 Å². The molecule has 0 saturated carbocycles. The zero-order chi connectivity index (χ0) is 16.6. The lowest BCUT2D eigenvalue weighted by molar-refractivity contribution is -0.124. The number of aromatic nitrogens is 1. The van der Waals surface area contributed by atoms with E-state index in [1.54, 1.807) is 25.3 Å². The zero-order valence-corrected chi connectivity index (χ0v) is 12.3. The summed E-state index contributed by atoms with van der Waals surface area (Å²) in [6, 6.07) is 7.94. The van der Waals surface area contributed by atoms with E-state index in [0.29, 0.717) is 11.1 Å². The molecule has 2 N–H and O–H groups in total. The highest BCUT2D eigenvalue weighted by molar-refractivity contribution is 6.07. The van der Waals surface area contributed by atoms with E-state index >= 15 is 0 Å². The minimum atomic E-state index is -1.46. The summed E-state index contributed by atoms with van der Waals surface area (Å²) in [5, 5.41) is 4.74. The van der Waals surface area contributed by atoms with E-state index in [1.165, 1.54) is 28.8 Å². The van der Waals surface area contributed by atoms with Crippen LogP contribution in [0.3, 0.4) is 0 Å². The minimum absolute atomic E-state index is 0.0866. The number of aryl methyl sites for hydroxylation is 1. The Balaban J connectivity index is 2.12. The predicted molar refractivity (Wildman–Crippen MR) is 80.2 cm³/mol. The van der Waals surface area contributed by atoms with Crippen LogP contribution in [-0.4, -0.2) is 16.5 Å². The number of amides is 3. The maximum Gasteiger partial charge on any atom is 0.322 e. The molecule has 1 fully saturated rings. The smallest absolute Gasteiger partial charge is 0.318 e. The molecule has 2 heterocycles. The molecule has 1 aromatic carbocycles. The Morgan fingerprint density at radius 2 is 1.83 bits per heavy atom. The van der Waals surface area contributed by atoms with E-state index in [9.17, 15) is 18.8 Å². The van der Waals surface area contributed by atoms with Crippen LogP contribution in [0.2, 0.25) is 0 Å². The Morgan fingerprint density at radius 1 is 1.13 bits per heavy atom. The van der Waals surface area contributed by atoms with Crippen molar-refractivity contribution in [2.75, 3.05) is 0 Å². The maximum absolute atomic E-state index is 13.2. The van der Waals surface area contributed by atoms with Gasteiger partial charge in [-0.15, -0.1) is 0 Å².